The van der Waals surface area contributed by atoms with E-state index in [0.717, 1.165) is 6.26 Å². The number of nitrogens with one attached hydrogen (secondary N) is 1. The quantitative estimate of drug-likeness (QED) is 0.220. The zero-order valence-electron chi connectivity index (χ0n) is 30.0. The van der Waals surface area contributed by atoms with Crippen molar-refractivity contribution in [2.24, 2.45) is 23.7 Å². The van der Waals surface area contributed by atoms with Crippen LogP contribution in [0.15, 0.2) is 41.8 Å². The number of phenolic OH excluding ortho intramolecular Hbond substituents is 1. The predicted molar refractivity (Wildman–Crippen MR) is 181 cm³/mol. The summed E-state index contributed by atoms with van der Waals surface area (Å²) in [5, 5.41) is 47.1. The number of ether oxygens (including phenoxy) is 4. The number of carbonyl (C=O) groups excluding carboxylic acids is 5. The Balaban J connectivity index is 1.88. The number of carbonyl (C=O) groups is 5. The maximum atomic E-state index is 13.9. The number of allylic oxidation sites excluding steroid dienone is 3. The lowest BCUT2D eigenvalue weighted by molar-refractivity contribution is -0.160. The minimum atomic E-state index is -2.12. The van der Waals surface area contributed by atoms with Crippen molar-refractivity contribution in [1.82, 2.24) is 5.32 Å². The van der Waals surface area contributed by atoms with Crippen LogP contribution in [0.2, 0.25) is 0 Å². The molecule has 1 aromatic carbocycles. The summed E-state index contributed by atoms with van der Waals surface area (Å²) in [4.78, 5) is 66.0. The average molecular weight is 712 g/mol. The molecule has 4 aliphatic rings. The fraction of sp³-hybridized carbons (Fsp3) is 0.486. The molecule has 1 amide bonds. The summed E-state index contributed by atoms with van der Waals surface area (Å²) in [6.45, 7) is 12.0. The number of amides is 1. The molecule has 0 aromatic heterocycles. The Kier molecular flexibility index (Phi) is 11.3. The first-order chi connectivity index (χ1) is 23.8. The van der Waals surface area contributed by atoms with E-state index in [4.69, 9.17) is 18.9 Å². The number of esters is 1. The van der Waals surface area contributed by atoms with Crippen molar-refractivity contribution in [1.29, 1.82) is 0 Å². The highest BCUT2D eigenvalue weighted by Gasteiger charge is 2.53. The number of aromatic hydroxyl groups is 1. The molecule has 1 aromatic rings. The molecule has 3 heterocycles. The summed E-state index contributed by atoms with van der Waals surface area (Å²) in [6, 6.07) is 0. The van der Waals surface area contributed by atoms with E-state index >= 15 is 0 Å². The van der Waals surface area contributed by atoms with Crippen LogP contribution in [0.1, 0.15) is 80.3 Å². The summed E-state index contributed by atoms with van der Waals surface area (Å²) in [6.07, 6.45) is 3.05. The summed E-state index contributed by atoms with van der Waals surface area (Å²) in [7, 11) is 1.40. The van der Waals surface area contributed by atoms with E-state index in [2.05, 4.69) is 5.32 Å². The van der Waals surface area contributed by atoms with E-state index in [9.17, 15) is 44.4 Å². The first-order valence-electron chi connectivity index (χ1n) is 16.5. The Morgan fingerprint density at radius 3 is 2.16 bits per heavy atom. The van der Waals surface area contributed by atoms with Crippen molar-refractivity contribution in [3.05, 3.63) is 64.1 Å². The lowest BCUT2D eigenvalue weighted by Gasteiger charge is -2.38. The van der Waals surface area contributed by atoms with Crippen molar-refractivity contribution < 1.29 is 63.3 Å². The molecule has 0 unspecified atom stereocenters. The van der Waals surface area contributed by atoms with Crippen LogP contribution in [-0.4, -0.2) is 87.0 Å². The molecule has 5 rings (SSSR count). The first kappa shape index (κ1) is 39.0. The van der Waals surface area contributed by atoms with Gasteiger partial charge in [0.05, 0.1) is 41.3 Å². The summed E-state index contributed by atoms with van der Waals surface area (Å²) < 4.78 is 23.0. The normalized spacial score (nSPS) is 31.9. The SMILES string of the molecule is CO[C@H]1C=CO[C@@]2(C)Oc3c(C)c(O)c4c(c3C2=O)C(=O)C(=O)C(=C4O)NC(=O)C(C)=CC=C[C@H](C)[C@H](O)[C@@H](C)[C@@H](O)[C@@H](C)[C@H](OC(C)=O)[C@@H]1C. The number of benzene rings is 1. The standard InChI is InChI=1S/C37H45NO13/c1-15-11-10-12-16(2)36(47)38-26-30(43)24-23(31(44)32(26)45)25-34(20(6)29(24)42)51-37(8,35(25)46)49-14-13-22(48-9)17(3)33(50-21(7)39)19(5)28(41)18(4)27(15)40/h10-15,17-19,22,27-28,33,40-43H,1-9H3,(H,38,47)/t15-,17+,18+,19+,22-,27-,28+,33+,37-/m0/s1. The third-order valence-corrected chi connectivity index (χ3v) is 9.93. The number of Topliss-reactive ketones (excluding diaryl/α,β-unsaturated/α-hetero) is 3. The number of fused-ring (bicyclic) bond motifs is 14. The third-order valence-electron chi connectivity index (χ3n) is 9.93. The van der Waals surface area contributed by atoms with E-state index in [0.29, 0.717) is 0 Å². The maximum absolute atomic E-state index is 13.9. The highest BCUT2D eigenvalue weighted by atomic mass is 16.7. The predicted octanol–water partition coefficient (Wildman–Crippen LogP) is 3.36. The smallest absolute Gasteiger partial charge is 0.312 e. The number of ketones is 3. The van der Waals surface area contributed by atoms with Gasteiger partial charge in [0.2, 0.25) is 5.78 Å². The van der Waals surface area contributed by atoms with Gasteiger partial charge < -0.3 is 44.7 Å². The number of hydrogen-bond donors (Lipinski definition) is 5. The van der Waals surface area contributed by atoms with E-state index in [-0.39, 0.29) is 16.9 Å². The van der Waals surface area contributed by atoms with Gasteiger partial charge in [0.25, 0.3) is 17.5 Å². The van der Waals surface area contributed by atoms with Crippen molar-refractivity contribution in [2.45, 2.75) is 85.6 Å². The highest BCUT2D eigenvalue weighted by Crippen LogP contribution is 2.49. The molecule has 0 radical (unpaired) electrons. The number of aliphatic hydroxyl groups excluding tert-OH is 3. The molecule has 9 atom stereocenters. The van der Waals surface area contributed by atoms with E-state index < -0.39 is 117 Å². The molecule has 14 heteroatoms. The largest absolute Gasteiger partial charge is 0.507 e. The van der Waals surface area contributed by atoms with E-state index in [1.165, 1.54) is 53.0 Å². The molecule has 276 valence electrons. The fourth-order valence-corrected chi connectivity index (χ4v) is 6.68. The number of rotatable bonds is 2. The second kappa shape index (κ2) is 14.8. The minimum absolute atomic E-state index is 0.0419. The van der Waals surface area contributed by atoms with Crippen LogP contribution in [0.25, 0.3) is 5.76 Å². The summed E-state index contributed by atoms with van der Waals surface area (Å²) in [5.74, 6) is -11.5. The van der Waals surface area contributed by atoms with Crippen molar-refractivity contribution in [2.75, 3.05) is 7.11 Å². The van der Waals surface area contributed by atoms with Crippen LogP contribution >= 0.6 is 0 Å². The molecule has 5 N–H and O–H groups in total. The summed E-state index contributed by atoms with van der Waals surface area (Å²) >= 11 is 0. The van der Waals surface area contributed by atoms with E-state index in [1.807, 2.05) is 0 Å². The number of aliphatic hydroxyl groups is 3. The van der Waals surface area contributed by atoms with Gasteiger partial charge in [-0.25, -0.2) is 0 Å². The second-order valence-corrected chi connectivity index (χ2v) is 13.5. The van der Waals surface area contributed by atoms with Gasteiger partial charge in [-0.1, -0.05) is 45.9 Å². The second-order valence-electron chi connectivity index (χ2n) is 13.5. The van der Waals surface area contributed by atoms with Gasteiger partial charge in [-0.3, -0.25) is 24.0 Å². The van der Waals surface area contributed by atoms with Crippen LogP contribution in [0.5, 0.6) is 11.5 Å². The molecular weight excluding hydrogens is 666 g/mol. The molecule has 3 aliphatic heterocycles. The molecule has 0 saturated heterocycles. The zero-order chi connectivity index (χ0) is 38.3. The lowest BCUT2D eigenvalue weighted by Crippen LogP contribution is -2.46. The number of phenols is 1. The number of methoxy groups -OCH3 is 1. The van der Waals surface area contributed by atoms with Crippen molar-refractivity contribution in [3.63, 3.8) is 0 Å². The average Bonchev–Trinajstić information content (AvgIpc) is 3.35. The molecule has 0 saturated carbocycles. The van der Waals surface area contributed by atoms with Gasteiger partial charge in [-0.2, -0.15) is 0 Å². The van der Waals surface area contributed by atoms with Gasteiger partial charge in [0.1, 0.15) is 23.3 Å². The Morgan fingerprint density at radius 2 is 1.55 bits per heavy atom. The van der Waals surface area contributed by atoms with Crippen LogP contribution in [0.3, 0.4) is 0 Å². The Morgan fingerprint density at radius 1 is 0.902 bits per heavy atom. The van der Waals surface area contributed by atoms with Gasteiger partial charge in [-0.15, -0.1) is 0 Å². The molecule has 0 fully saturated rings. The molecular formula is C37H45NO13. The molecule has 1 aliphatic carbocycles. The third kappa shape index (κ3) is 7.08. The van der Waals surface area contributed by atoms with Crippen molar-refractivity contribution >= 4 is 35.0 Å². The topological polar surface area (TPSA) is 215 Å². The first-order valence-corrected chi connectivity index (χ1v) is 16.5. The maximum Gasteiger partial charge on any atom is 0.312 e. The highest BCUT2D eigenvalue weighted by molar-refractivity contribution is 6.53. The van der Waals surface area contributed by atoms with Gasteiger partial charge in [0, 0.05) is 55.8 Å². The fourth-order valence-electron chi connectivity index (χ4n) is 6.68. The Bertz CT molecular complexity index is 1770. The van der Waals surface area contributed by atoms with Gasteiger partial charge in [0.15, 0.2) is 5.76 Å². The monoisotopic (exact) mass is 711 g/mol. The molecule has 51 heavy (non-hydrogen) atoms. The molecule has 0 spiro atoms. The number of hydrogen-bond acceptors (Lipinski definition) is 13. The van der Waals surface area contributed by atoms with Crippen LogP contribution in [0.4, 0.5) is 0 Å². The molecule has 14 nitrogen and oxygen atoms in total. The van der Waals surface area contributed by atoms with Crippen LogP contribution in [0, 0.1) is 30.6 Å². The Labute approximate surface area is 295 Å². The van der Waals surface area contributed by atoms with Gasteiger partial charge >= 0.3 is 11.8 Å². The van der Waals surface area contributed by atoms with Crippen LogP contribution < -0.4 is 10.1 Å². The van der Waals surface area contributed by atoms with Crippen molar-refractivity contribution in [3.8, 4) is 11.5 Å². The van der Waals surface area contributed by atoms with Gasteiger partial charge in [-0.05, 0) is 19.9 Å². The molecule has 5 bridgehead atoms. The minimum Gasteiger partial charge on any atom is -0.507 e. The van der Waals surface area contributed by atoms with E-state index in [1.54, 1.807) is 33.8 Å². The van der Waals surface area contributed by atoms with Crippen LogP contribution in [-0.2, 0) is 28.6 Å². The Hall–Kier alpha value is -4.79. The lowest BCUT2D eigenvalue weighted by atomic mass is 9.78. The summed E-state index contributed by atoms with van der Waals surface area (Å²) in [5.41, 5.74) is -2.34. The zero-order valence-corrected chi connectivity index (χ0v) is 30.0.